The standard InChI is InChI=1S/C23H25N7O4S/c1-11(12-2-3-12)29-10-14-8-13(9-17(35(25,33)34)18(14)23(29)32)16-6-7-30-21(27-16)19(20(24)28-30)22(31)26-15-4-5-15/h6-9,11-12,15H,2-5,10H2,1H3,(H2,24,28)(H,26,31)(H2,25,33,34). The lowest BCUT2D eigenvalue weighted by molar-refractivity contribution is 0.0694. The van der Waals surface area contributed by atoms with Crippen LogP contribution < -0.4 is 16.2 Å². The molecule has 0 spiro atoms. The summed E-state index contributed by atoms with van der Waals surface area (Å²) in [7, 11) is -4.19. The molecular formula is C23H25N7O4S. The monoisotopic (exact) mass is 495 g/mol. The molecule has 182 valence electrons. The number of carbonyl (C=O) groups is 2. The summed E-state index contributed by atoms with van der Waals surface area (Å²) in [6.45, 7) is 2.30. The summed E-state index contributed by atoms with van der Waals surface area (Å²) in [5, 5.41) is 12.6. The SMILES string of the molecule is CC(C1CC1)N1Cc2cc(-c3ccn4nc(N)c(C(=O)NC5CC5)c4n3)cc(S(N)(=O)=O)c2C1=O. The number of anilines is 1. The van der Waals surface area contributed by atoms with E-state index in [-0.39, 0.29) is 51.4 Å². The molecule has 3 heterocycles. The first kappa shape index (κ1) is 22.0. The van der Waals surface area contributed by atoms with Gasteiger partial charge in [0.25, 0.3) is 11.8 Å². The van der Waals surface area contributed by atoms with Gasteiger partial charge in [0.05, 0.1) is 16.2 Å². The van der Waals surface area contributed by atoms with Crippen molar-refractivity contribution in [2.75, 3.05) is 5.73 Å². The molecule has 3 aliphatic rings. The van der Waals surface area contributed by atoms with Crippen LogP contribution in [0.25, 0.3) is 16.9 Å². The number of nitrogens with one attached hydrogen (secondary N) is 1. The molecule has 35 heavy (non-hydrogen) atoms. The van der Waals surface area contributed by atoms with Crippen LogP contribution in [0.4, 0.5) is 5.82 Å². The highest BCUT2D eigenvalue weighted by Crippen LogP contribution is 2.40. The zero-order chi connectivity index (χ0) is 24.6. The number of nitrogens with zero attached hydrogens (tertiary/aromatic N) is 4. The molecule has 11 nitrogen and oxygen atoms in total. The zero-order valence-corrected chi connectivity index (χ0v) is 19.9. The molecule has 3 aromatic rings. The number of fused-ring (bicyclic) bond motifs is 2. The smallest absolute Gasteiger partial charge is 0.259 e. The summed E-state index contributed by atoms with van der Waals surface area (Å²) in [5.74, 6) is -0.176. The van der Waals surface area contributed by atoms with Crippen LogP contribution in [0, 0.1) is 5.92 Å². The van der Waals surface area contributed by atoms with E-state index >= 15 is 0 Å². The van der Waals surface area contributed by atoms with E-state index < -0.39 is 10.0 Å². The molecule has 2 aliphatic carbocycles. The quantitative estimate of drug-likeness (QED) is 0.463. The van der Waals surface area contributed by atoms with Gasteiger partial charge in [0, 0.05) is 30.4 Å². The Kier molecular flexibility index (Phi) is 4.71. The van der Waals surface area contributed by atoms with Gasteiger partial charge in [-0.25, -0.2) is 23.1 Å². The van der Waals surface area contributed by atoms with E-state index in [2.05, 4.69) is 15.4 Å². The van der Waals surface area contributed by atoms with Crippen LogP contribution in [-0.4, -0.2) is 51.8 Å². The number of rotatable bonds is 6. The summed E-state index contributed by atoms with van der Waals surface area (Å²) in [6, 6.07) is 4.94. The maximum Gasteiger partial charge on any atom is 0.259 e. The van der Waals surface area contributed by atoms with Gasteiger partial charge in [-0.05, 0) is 62.3 Å². The zero-order valence-electron chi connectivity index (χ0n) is 19.1. The van der Waals surface area contributed by atoms with Gasteiger partial charge in [-0.15, -0.1) is 5.10 Å². The molecule has 5 N–H and O–H groups in total. The number of nitrogens with two attached hydrogens (primary N) is 2. The van der Waals surface area contributed by atoms with Crippen molar-refractivity contribution in [3.63, 3.8) is 0 Å². The summed E-state index contributed by atoms with van der Waals surface area (Å²) in [5.41, 5.74) is 8.04. The number of benzene rings is 1. The average molecular weight is 496 g/mol. The maximum absolute atomic E-state index is 13.2. The highest BCUT2D eigenvalue weighted by Gasteiger charge is 2.41. The van der Waals surface area contributed by atoms with Crippen molar-refractivity contribution >= 4 is 33.3 Å². The molecule has 1 atom stereocenters. The van der Waals surface area contributed by atoms with E-state index in [1.54, 1.807) is 23.2 Å². The van der Waals surface area contributed by atoms with Crippen molar-refractivity contribution in [1.29, 1.82) is 0 Å². The summed E-state index contributed by atoms with van der Waals surface area (Å²) in [4.78, 5) is 32.0. The van der Waals surface area contributed by atoms with E-state index in [1.807, 2.05) is 6.92 Å². The van der Waals surface area contributed by atoms with Gasteiger partial charge in [0.2, 0.25) is 10.0 Å². The molecular weight excluding hydrogens is 470 g/mol. The van der Waals surface area contributed by atoms with Crippen LogP contribution in [0.1, 0.15) is 58.9 Å². The Labute approximate surface area is 201 Å². The average Bonchev–Trinajstić information content (AvgIpc) is 3.72. The number of primary sulfonamides is 1. The second-order valence-corrected chi connectivity index (χ2v) is 11.2. The van der Waals surface area contributed by atoms with Gasteiger partial charge in [-0.3, -0.25) is 9.59 Å². The van der Waals surface area contributed by atoms with Gasteiger partial charge >= 0.3 is 0 Å². The number of hydrogen-bond donors (Lipinski definition) is 3. The van der Waals surface area contributed by atoms with Crippen molar-refractivity contribution in [3.8, 4) is 11.3 Å². The molecule has 0 radical (unpaired) electrons. The van der Waals surface area contributed by atoms with Gasteiger partial charge in [0.15, 0.2) is 11.5 Å². The van der Waals surface area contributed by atoms with E-state index in [0.29, 0.717) is 29.3 Å². The molecule has 0 bridgehead atoms. The first-order valence-electron chi connectivity index (χ1n) is 11.6. The second kappa shape index (κ2) is 7.49. The van der Waals surface area contributed by atoms with Gasteiger partial charge in [0.1, 0.15) is 5.56 Å². The molecule has 1 aromatic carbocycles. The predicted octanol–water partition coefficient (Wildman–Crippen LogP) is 1.27. The Hall–Kier alpha value is -3.51. The Bertz CT molecular complexity index is 1520. The fourth-order valence-corrected chi connectivity index (χ4v) is 5.58. The first-order valence-corrected chi connectivity index (χ1v) is 13.1. The molecule has 1 aliphatic heterocycles. The van der Waals surface area contributed by atoms with Crippen LogP contribution in [0.5, 0.6) is 0 Å². The number of nitrogen functional groups attached to an aromatic ring is 1. The van der Waals surface area contributed by atoms with Crippen molar-refractivity contribution in [2.45, 2.75) is 56.1 Å². The summed E-state index contributed by atoms with van der Waals surface area (Å²) < 4.78 is 26.4. The highest BCUT2D eigenvalue weighted by atomic mass is 32.2. The van der Waals surface area contributed by atoms with Crippen molar-refractivity contribution in [2.24, 2.45) is 11.1 Å². The van der Waals surface area contributed by atoms with Gasteiger partial charge in [-0.1, -0.05) is 0 Å². The summed E-state index contributed by atoms with van der Waals surface area (Å²) in [6.07, 6.45) is 5.57. The molecule has 2 amide bonds. The molecule has 2 saturated carbocycles. The minimum absolute atomic E-state index is 0.0171. The van der Waals surface area contributed by atoms with Crippen molar-refractivity contribution < 1.29 is 18.0 Å². The molecule has 1 unspecified atom stereocenters. The highest BCUT2D eigenvalue weighted by molar-refractivity contribution is 7.89. The third kappa shape index (κ3) is 3.73. The van der Waals surface area contributed by atoms with Gasteiger partial charge in [-0.2, -0.15) is 0 Å². The summed E-state index contributed by atoms with van der Waals surface area (Å²) >= 11 is 0. The Morgan fingerprint density at radius 3 is 2.63 bits per heavy atom. The van der Waals surface area contributed by atoms with E-state index in [0.717, 1.165) is 25.7 Å². The van der Waals surface area contributed by atoms with Crippen molar-refractivity contribution in [3.05, 3.63) is 41.1 Å². The van der Waals surface area contributed by atoms with Crippen LogP contribution in [0.2, 0.25) is 0 Å². The molecule has 0 saturated heterocycles. The number of sulfonamides is 1. The van der Waals surface area contributed by atoms with Crippen LogP contribution in [0.3, 0.4) is 0 Å². The first-order chi connectivity index (χ1) is 16.6. The van der Waals surface area contributed by atoms with Gasteiger partial charge < -0.3 is 16.0 Å². The fraction of sp³-hybridized carbons (Fsp3) is 0.391. The maximum atomic E-state index is 13.2. The number of carbonyl (C=O) groups excluding carboxylic acids is 2. The third-order valence-electron chi connectivity index (χ3n) is 7.05. The van der Waals surface area contributed by atoms with E-state index in [4.69, 9.17) is 10.9 Å². The minimum Gasteiger partial charge on any atom is -0.381 e. The van der Waals surface area contributed by atoms with Crippen LogP contribution in [-0.2, 0) is 16.6 Å². The van der Waals surface area contributed by atoms with Crippen LogP contribution >= 0.6 is 0 Å². The lowest BCUT2D eigenvalue weighted by Gasteiger charge is -2.24. The lowest BCUT2D eigenvalue weighted by Crippen LogP contribution is -2.35. The Morgan fingerprint density at radius 2 is 1.97 bits per heavy atom. The Morgan fingerprint density at radius 1 is 1.23 bits per heavy atom. The predicted molar refractivity (Wildman–Crippen MR) is 127 cm³/mol. The number of aromatic nitrogens is 3. The Balaban J connectivity index is 1.46. The molecule has 6 rings (SSSR count). The molecule has 12 heteroatoms. The van der Waals surface area contributed by atoms with E-state index in [9.17, 15) is 18.0 Å². The normalized spacial score (nSPS) is 18.7. The largest absolute Gasteiger partial charge is 0.381 e. The topological polar surface area (TPSA) is 166 Å². The third-order valence-corrected chi connectivity index (χ3v) is 7.98. The second-order valence-electron chi connectivity index (χ2n) is 9.65. The van der Waals surface area contributed by atoms with Crippen LogP contribution in [0.15, 0.2) is 29.3 Å². The molecule has 2 aromatic heterocycles. The van der Waals surface area contributed by atoms with E-state index in [1.165, 1.54) is 10.6 Å². The van der Waals surface area contributed by atoms with Crippen molar-refractivity contribution in [1.82, 2.24) is 24.8 Å². The number of amides is 2. The lowest BCUT2D eigenvalue weighted by atomic mass is 10.0. The number of hydrogen-bond acceptors (Lipinski definition) is 7. The fourth-order valence-electron chi connectivity index (χ4n) is 4.78. The minimum atomic E-state index is -4.19. The molecule has 2 fully saturated rings.